The van der Waals surface area contributed by atoms with Crippen LogP contribution < -0.4 is 11.1 Å². The highest BCUT2D eigenvalue weighted by atomic mass is 16.6. The monoisotopic (exact) mass is 246 g/mol. The predicted molar refractivity (Wildman–Crippen MR) is 62.6 cm³/mol. The van der Waals surface area contributed by atoms with E-state index in [9.17, 15) is 9.90 Å². The van der Waals surface area contributed by atoms with Crippen LogP contribution in [-0.4, -0.2) is 48.2 Å². The average molecular weight is 246 g/mol. The molecule has 2 unspecified atom stereocenters. The lowest BCUT2D eigenvalue weighted by Gasteiger charge is -2.33. The Labute approximate surface area is 101 Å². The van der Waals surface area contributed by atoms with Crippen molar-refractivity contribution < 1.29 is 19.4 Å². The molecular formula is C11H22N2O4. The maximum Gasteiger partial charge on any atom is 0.408 e. The first-order chi connectivity index (χ1) is 7.79. The van der Waals surface area contributed by atoms with Gasteiger partial charge in [0.25, 0.3) is 0 Å². The first-order valence-corrected chi connectivity index (χ1v) is 5.76. The molecule has 0 aliphatic carbocycles. The van der Waals surface area contributed by atoms with Gasteiger partial charge in [-0.15, -0.1) is 0 Å². The van der Waals surface area contributed by atoms with Gasteiger partial charge in [-0.1, -0.05) is 0 Å². The minimum atomic E-state index is -0.836. The Morgan fingerprint density at radius 1 is 1.65 bits per heavy atom. The van der Waals surface area contributed by atoms with Crippen molar-refractivity contribution in [2.24, 2.45) is 5.73 Å². The van der Waals surface area contributed by atoms with E-state index in [-0.39, 0.29) is 13.2 Å². The summed E-state index contributed by atoms with van der Waals surface area (Å²) in [6.07, 6.45) is -0.863. The van der Waals surface area contributed by atoms with Crippen LogP contribution in [0.5, 0.6) is 0 Å². The molecular weight excluding hydrogens is 224 g/mol. The van der Waals surface area contributed by atoms with Crippen molar-refractivity contribution in [2.75, 3.05) is 19.8 Å². The largest absolute Gasteiger partial charge is 0.444 e. The number of hydrogen-bond donors (Lipinski definition) is 3. The second-order valence-electron chi connectivity index (χ2n) is 5.34. The summed E-state index contributed by atoms with van der Waals surface area (Å²) in [7, 11) is 0. The number of ether oxygens (including phenoxy) is 2. The summed E-state index contributed by atoms with van der Waals surface area (Å²) < 4.78 is 10.4. The highest BCUT2D eigenvalue weighted by Crippen LogP contribution is 2.23. The van der Waals surface area contributed by atoms with Gasteiger partial charge in [0.2, 0.25) is 0 Å². The fraction of sp³-hybridized carbons (Fsp3) is 0.909. The van der Waals surface area contributed by atoms with Gasteiger partial charge >= 0.3 is 6.09 Å². The third-order valence-electron chi connectivity index (χ3n) is 2.66. The zero-order valence-corrected chi connectivity index (χ0v) is 10.7. The molecule has 0 aromatic heterocycles. The molecule has 17 heavy (non-hydrogen) atoms. The third-order valence-corrected chi connectivity index (χ3v) is 2.66. The topological polar surface area (TPSA) is 93.8 Å². The average Bonchev–Trinajstić information content (AvgIpc) is 2.63. The number of amides is 1. The number of rotatable bonds is 3. The lowest BCUT2D eigenvalue weighted by Crippen LogP contribution is -2.60. The molecule has 0 saturated carbocycles. The molecule has 1 aliphatic rings. The molecule has 0 aromatic carbocycles. The van der Waals surface area contributed by atoms with Crippen LogP contribution in [0.2, 0.25) is 0 Å². The third kappa shape index (κ3) is 3.83. The second-order valence-corrected chi connectivity index (χ2v) is 5.34. The Balaban J connectivity index is 2.65. The van der Waals surface area contributed by atoms with Crippen molar-refractivity contribution in [2.45, 2.75) is 44.4 Å². The van der Waals surface area contributed by atoms with Gasteiger partial charge in [0.15, 0.2) is 0 Å². The van der Waals surface area contributed by atoms with E-state index in [1.54, 1.807) is 20.8 Å². The van der Waals surface area contributed by atoms with Gasteiger partial charge in [-0.2, -0.15) is 0 Å². The van der Waals surface area contributed by atoms with Gasteiger partial charge in [0.05, 0.1) is 18.2 Å². The number of aliphatic hydroxyl groups is 1. The highest BCUT2D eigenvalue weighted by Gasteiger charge is 2.43. The molecule has 6 nitrogen and oxygen atoms in total. The van der Waals surface area contributed by atoms with E-state index >= 15 is 0 Å². The van der Waals surface area contributed by atoms with Crippen LogP contribution in [0.15, 0.2) is 0 Å². The predicted octanol–water partition coefficient (Wildman–Crippen LogP) is -0.0102. The molecule has 1 amide bonds. The Kier molecular flexibility index (Phi) is 4.35. The van der Waals surface area contributed by atoms with Crippen LogP contribution in [0.3, 0.4) is 0 Å². The normalized spacial score (nSPS) is 26.6. The van der Waals surface area contributed by atoms with Gasteiger partial charge in [-0.25, -0.2) is 4.79 Å². The molecule has 1 rings (SSSR count). The summed E-state index contributed by atoms with van der Waals surface area (Å²) in [5.41, 5.74) is 4.05. The summed E-state index contributed by atoms with van der Waals surface area (Å²) >= 11 is 0. The number of nitrogens with two attached hydrogens (primary N) is 1. The Morgan fingerprint density at radius 3 is 2.71 bits per heavy atom. The van der Waals surface area contributed by atoms with Crippen molar-refractivity contribution in [3.05, 3.63) is 0 Å². The summed E-state index contributed by atoms with van der Waals surface area (Å²) in [5, 5.41) is 12.6. The zero-order chi connectivity index (χ0) is 13.1. The molecule has 1 fully saturated rings. The van der Waals surface area contributed by atoms with Gasteiger partial charge < -0.3 is 25.6 Å². The van der Waals surface area contributed by atoms with Crippen molar-refractivity contribution >= 4 is 6.09 Å². The van der Waals surface area contributed by atoms with Crippen LogP contribution in [0.4, 0.5) is 4.79 Å². The van der Waals surface area contributed by atoms with E-state index in [1.165, 1.54) is 0 Å². The molecule has 6 heteroatoms. The quantitative estimate of drug-likeness (QED) is 0.651. The van der Waals surface area contributed by atoms with Crippen LogP contribution in [0.25, 0.3) is 0 Å². The molecule has 100 valence electrons. The van der Waals surface area contributed by atoms with Crippen LogP contribution in [0, 0.1) is 0 Å². The number of carbonyl (C=O) groups is 1. The Morgan fingerprint density at radius 2 is 2.29 bits per heavy atom. The number of alkyl carbamates (subject to hydrolysis) is 1. The molecule has 4 N–H and O–H groups in total. The molecule has 1 heterocycles. The molecule has 1 aliphatic heterocycles. The fourth-order valence-corrected chi connectivity index (χ4v) is 1.76. The van der Waals surface area contributed by atoms with Gasteiger partial charge in [0, 0.05) is 13.2 Å². The Bertz CT molecular complexity index is 269. The number of aliphatic hydroxyl groups excluding tert-OH is 1. The van der Waals surface area contributed by atoms with Crippen molar-refractivity contribution in [1.82, 2.24) is 5.32 Å². The van der Waals surface area contributed by atoms with E-state index in [2.05, 4.69) is 5.32 Å². The minimum Gasteiger partial charge on any atom is -0.444 e. The summed E-state index contributed by atoms with van der Waals surface area (Å²) in [5.74, 6) is 0. The lowest BCUT2D eigenvalue weighted by molar-refractivity contribution is 0.0191. The van der Waals surface area contributed by atoms with Crippen LogP contribution in [-0.2, 0) is 9.47 Å². The number of nitrogens with one attached hydrogen (secondary N) is 1. The van der Waals surface area contributed by atoms with Gasteiger partial charge in [-0.05, 0) is 27.2 Å². The number of carbonyl (C=O) groups excluding carboxylic acids is 1. The molecule has 2 atom stereocenters. The SMILES string of the molecule is CC(C)(C)OC(=O)NC1(C(O)CN)CCOC1. The molecule has 1 saturated heterocycles. The van der Waals surface area contributed by atoms with Crippen LogP contribution in [0.1, 0.15) is 27.2 Å². The fourth-order valence-electron chi connectivity index (χ4n) is 1.76. The minimum absolute atomic E-state index is 0.0686. The smallest absolute Gasteiger partial charge is 0.408 e. The Hall–Kier alpha value is -0.850. The van der Waals surface area contributed by atoms with Crippen molar-refractivity contribution in [3.63, 3.8) is 0 Å². The molecule has 0 radical (unpaired) electrons. The van der Waals surface area contributed by atoms with Crippen molar-refractivity contribution in [3.8, 4) is 0 Å². The van der Waals surface area contributed by atoms with Gasteiger partial charge in [-0.3, -0.25) is 0 Å². The highest BCUT2D eigenvalue weighted by molar-refractivity contribution is 5.69. The standard InChI is InChI=1S/C11H22N2O4/c1-10(2,3)17-9(15)13-11(8(14)6-12)4-5-16-7-11/h8,14H,4-7,12H2,1-3H3,(H,13,15). The summed E-state index contributed by atoms with van der Waals surface area (Å²) in [6, 6.07) is 0. The van der Waals surface area contributed by atoms with E-state index in [1.807, 2.05) is 0 Å². The lowest BCUT2D eigenvalue weighted by atomic mass is 9.91. The molecule has 0 aromatic rings. The van der Waals surface area contributed by atoms with E-state index < -0.39 is 23.3 Å². The number of hydrogen-bond acceptors (Lipinski definition) is 5. The van der Waals surface area contributed by atoms with Gasteiger partial charge in [0.1, 0.15) is 5.60 Å². The first kappa shape index (κ1) is 14.2. The van der Waals surface area contributed by atoms with Crippen molar-refractivity contribution in [1.29, 1.82) is 0 Å². The maximum atomic E-state index is 11.7. The zero-order valence-electron chi connectivity index (χ0n) is 10.7. The molecule has 0 spiro atoms. The van der Waals surface area contributed by atoms with E-state index in [0.717, 1.165) is 0 Å². The van der Waals surface area contributed by atoms with E-state index in [0.29, 0.717) is 13.0 Å². The second kappa shape index (κ2) is 5.20. The van der Waals surface area contributed by atoms with Crippen LogP contribution >= 0.6 is 0 Å². The van der Waals surface area contributed by atoms with E-state index in [4.69, 9.17) is 15.2 Å². The first-order valence-electron chi connectivity index (χ1n) is 5.76. The summed E-state index contributed by atoms with van der Waals surface area (Å²) in [4.78, 5) is 11.7. The summed E-state index contributed by atoms with van der Waals surface area (Å²) in [6.45, 7) is 6.16. The maximum absolute atomic E-state index is 11.7. The molecule has 0 bridgehead atoms.